The van der Waals surface area contributed by atoms with Crippen molar-refractivity contribution in [2.24, 2.45) is 23.3 Å². The van der Waals surface area contributed by atoms with E-state index < -0.39 is 152 Å². The van der Waals surface area contributed by atoms with Crippen LogP contribution in [0.15, 0.2) is 60.8 Å². The molecule has 0 spiro atoms. The van der Waals surface area contributed by atoms with E-state index in [0.717, 1.165) is 60.2 Å². The number of nitrogens with two attached hydrogens (primary N) is 2. The van der Waals surface area contributed by atoms with Gasteiger partial charge in [0.25, 0.3) is 5.91 Å². The maximum atomic E-state index is 14.7. The van der Waals surface area contributed by atoms with E-state index >= 15 is 0 Å². The van der Waals surface area contributed by atoms with Crippen molar-refractivity contribution >= 4 is 58.5 Å². The maximum absolute atomic E-state index is 14.7. The van der Waals surface area contributed by atoms with E-state index in [4.69, 9.17) is 21.2 Å². The smallest absolute Gasteiger partial charge is 0.251 e. The van der Waals surface area contributed by atoms with E-state index in [2.05, 4.69) is 53.5 Å². The van der Waals surface area contributed by atoms with Gasteiger partial charge in [0.15, 0.2) is 11.5 Å². The van der Waals surface area contributed by atoms with E-state index in [-0.39, 0.29) is 62.7 Å². The van der Waals surface area contributed by atoms with Crippen LogP contribution in [0.5, 0.6) is 11.5 Å². The molecule has 4 aliphatic heterocycles. The van der Waals surface area contributed by atoms with Crippen molar-refractivity contribution in [3.63, 3.8) is 0 Å². The van der Waals surface area contributed by atoms with Crippen molar-refractivity contribution in [1.82, 2.24) is 56.5 Å². The number of fused-ring (bicyclic) bond motifs is 2. The summed E-state index contributed by atoms with van der Waals surface area (Å²) in [5.74, 6) is -6.94. The van der Waals surface area contributed by atoms with Crippen molar-refractivity contribution in [3.8, 4) is 32.6 Å². The molecular formula is C63H90N14O15S. The van der Waals surface area contributed by atoms with Crippen LogP contribution >= 0.6 is 11.3 Å². The molecule has 0 bridgehead atoms. The molecule has 1 aliphatic carbocycles. The second kappa shape index (κ2) is 32.1. The molecule has 7 amide bonds. The van der Waals surface area contributed by atoms with E-state index in [1.54, 1.807) is 18.3 Å². The minimum atomic E-state index is -2.04. The van der Waals surface area contributed by atoms with E-state index in [9.17, 15) is 69.3 Å². The zero-order valence-corrected chi connectivity index (χ0v) is 52.6. The molecule has 5 aliphatic rings. The highest BCUT2D eigenvalue weighted by atomic mass is 32.1. The molecule has 6 heterocycles. The van der Waals surface area contributed by atoms with Crippen molar-refractivity contribution in [2.75, 3.05) is 70.4 Å². The number of rotatable bonds is 16. The number of β-amino-alcohol motifs (C(OH)–C–C–N with tert-alkyl or cyclic N) is 1. The van der Waals surface area contributed by atoms with Gasteiger partial charge in [-0.2, -0.15) is 0 Å². The van der Waals surface area contributed by atoms with Crippen LogP contribution in [-0.2, 0) is 35.2 Å². The van der Waals surface area contributed by atoms with Crippen molar-refractivity contribution in [2.45, 2.75) is 158 Å². The summed E-state index contributed by atoms with van der Waals surface area (Å²) in [7, 11) is 0. The minimum Gasteiger partial charge on any atom is -0.504 e. The summed E-state index contributed by atoms with van der Waals surface area (Å²) in [6.45, 7) is 7.20. The average molecular weight is 1320 g/mol. The third-order valence-corrected chi connectivity index (χ3v) is 19.0. The third-order valence-electron chi connectivity index (χ3n) is 18.0. The number of nitrogens with one attached hydrogen (secondary N) is 5. The number of carbonyl (C=O) groups excluding carboxylic acids is 7. The Balaban J connectivity index is 0.0000111. The number of phenolic OH excluding ortho intramolecular Hbond substituents is 1. The van der Waals surface area contributed by atoms with E-state index in [0.29, 0.717) is 21.6 Å². The van der Waals surface area contributed by atoms with Crippen LogP contribution in [0.2, 0.25) is 0 Å². The predicted octanol–water partition coefficient (Wildman–Crippen LogP) is -2.06. The highest BCUT2D eigenvalue weighted by Gasteiger charge is 2.50. The summed E-state index contributed by atoms with van der Waals surface area (Å²) in [5.41, 5.74) is 13.1. The molecule has 29 nitrogen and oxygen atoms in total. The van der Waals surface area contributed by atoms with Crippen LogP contribution in [0.4, 0.5) is 5.82 Å². The lowest BCUT2D eigenvalue weighted by Gasteiger charge is -2.42. The van der Waals surface area contributed by atoms with Gasteiger partial charge in [-0.15, -0.1) is 10.2 Å². The Bertz CT molecular complexity index is 3220. The van der Waals surface area contributed by atoms with E-state index in [1.807, 2.05) is 12.1 Å². The van der Waals surface area contributed by atoms with Gasteiger partial charge in [-0.05, 0) is 93.5 Å². The monoisotopic (exact) mass is 1310 g/mol. The summed E-state index contributed by atoms with van der Waals surface area (Å²) in [6.07, 6.45) is -4.99. The van der Waals surface area contributed by atoms with Gasteiger partial charge in [0, 0.05) is 106 Å². The zero-order chi connectivity index (χ0) is 66.1. The highest BCUT2D eigenvalue weighted by molar-refractivity contribution is 7.17. The minimum absolute atomic E-state index is 0. The number of pyridine rings is 1. The van der Waals surface area contributed by atoms with Gasteiger partial charge in [0.2, 0.25) is 35.4 Å². The van der Waals surface area contributed by atoms with Crippen molar-refractivity contribution < 1.29 is 74.0 Å². The quantitative estimate of drug-likeness (QED) is 0.0574. The number of aromatic hydroxyl groups is 1. The van der Waals surface area contributed by atoms with Gasteiger partial charge in [0.1, 0.15) is 58.7 Å². The first kappa shape index (κ1) is 71.3. The molecule has 508 valence electrons. The normalized spacial score (nSPS) is 28.3. The molecular weight excluding hydrogens is 1220 g/mol. The van der Waals surface area contributed by atoms with Crippen LogP contribution in [-0.4, -0.2) is 251 Å². The lowest BCUT2D eigenvalue weighted by Crippen LogP contribution is -2.64. The molecule has 2 aromatic heterocycles. The Kier molecular flexibility index (Phi) is 24.6. The second-order valence-electron chi connectivity index (χ2n) is 24.8. The molecule has 4 saturated heterocycles. The van der Waals surface area contributed by atoms with Crippen molar-refractivity contribution in [1.29, 1.82) is 0 Å². The Morgan fingerprint density at radius 2 is 1.40 bits per heavy atom. The summed E-state index contributed by atoms with van der Waals surface area (Å²) >= 11 is 1.31. The van der Waals surface area contributed by atoms with Gasteiger partial charge in [-0.25, -0.2) is 4.98 Å². The number of carbonyl (C=O) groups is 7. The number of hydrogen-bond donors (Lipinski definition) is 14. The first-order valence-corrected chi connectivity index (χ1v) is 32.3. The Labute approximate surface area is 543 Å². The SMILES string of the molecule is C.CC1CCC(N2CCN(c3ccc(-c4nnc(-c5ccc(C(=O)N[C@H]6C[C@@H](O)CNC(=O)[C@@H]7[C@@H](O)[C@@H](C)CN7C(=O)[C@H]([C@H](O)CCN)NC(=O)[C@H]([C@H](O)Cc7ccc(O)c(OCCN)c7)NC(=O)[C@@H]7C[C@@H](O)CN7C(=O)[C@H]([C@@H](C)O)NC6=O)cc5)s4)cn3)CC2)CC1. The summed E-state index contributed by atoms with van der Waals surface area (Å²) < 4.78 is 5.52. The van der Waals surface area contributed by atoms with Crippen LogP contribution in [0.1, 0.15) is 89.1 Å². The summed E-state index contributed by atoms with van der Waals surface area (Å²) in [4.78, 5) is 113. The molecule has 0 unspecified atom stereocenters. The fraction of sp³-hybridized carbons (Fsp3) is 0.587. The molecule has 2 aromatic carbocycles. The molecule has 30 heteroatoms. The van der Waals surface area contributed by atoms with Crippen LogP contribution in [0.25, 0.3) is 21.1 Å². The van der Waals surface area contributed by atoms with E-state index in [1.165, 1.54) is 74.3 Å². The fourth-order valence-corrected chi connectivity index (χ4v) is 13.5. The summed E-state index contributed by atoms with van der Waals surface area (Å²) in [5, 5.41) is 101. The highest BCUT2D eigenvalue weighted by Crippen LogP contribution is 2.33. The zero-order valence-electron chi connectivity index (χ0n) is 51.8. The van der Waals surface area contributed by atoms with Gasteiger partial charge >= 0.3 is 0 Å². The molecule has 93 heavy (non-hydrogen) atoms. The standard InChI is InChI=1S/C62H86N14O15S.CH4/c1-32-4-12-39(13-5-32)73-19-21-74(22-20-73)48-15-11-38(28-65-48)60-72-71-59(92-60)37-9-7-36(8-10-37)54(84)67-42-26-40(78)29-66-58(88)52-53(83)33(2)30-76(52)62(90)51(45(81)16-17-63)70-57(87)50(46(82)24-35-6-14-44(80)47(25-35)91-23-18-64)69-56(86)43-27-41(79)31-75(43)61(89)49(34(3)77)68-55(42)85;/h6-11,14-15,25,28,32-34,39-43,45-46,49-53,77-83H,4-5,12-13,16-24,26-27,29-31,63-64H2,1-3H3,(H,66,88)(H,67,84)(H,68,85)(H,69,86)(H,70,87);1H4/t32?,33-,34+,39?,40+,41+,42-,43-,45+,46+,49-,50-,51-,52-,53-;/m0./s1. The fourth-order valence-electron chi connectivity index (χ4n) is 12.7. The molecule has 9 rings (SSSR count). The van der Waals surface area contributed by atoms with Gasteiger partial charge in [-0.3, -0.25) is 38.5 Å². The topological polar surface area (TPSA) is 434 Å². The molecule has 4 aromatic rings. The van der Waals surface area contributed by atoms with Crippen LogP contribution < -0.4 is 47.7 Å². The number of nitrogens with zero attached hydrogens (tertiary/aromatic N) is 7. The number of piperazine rings is 1. The lowest BCUT2D eigenvalue weighted by atomic mass is 9.86. The predicted molar refractivity (Wildman–Crippen MR) is 342 cm³/mol. The van der Waals surface area contributed by atoms with Gasteiger partial charge in [-0.1, -0.05) is 50.8 Å². The Morgan fingerprint density at radius 3 is 2.05 bits per heavy atom. The molecule has 1 saturated carbocycles. The first-order valence-electron chi connectivity index (χ1n) is 31.4. The Hall–Kier alpha value is -7.52. The molecule has 13 atom stereocenters. The van der Waals surface area contributed by atoms with Crippen LogP contribution in [0.3, 0.4) is 0 Å². The number of phenols is 1. The van der Waals surface area contributed by atoms with Crippen LogP contribution in [0, 0.1) is 11.8 Å². The molecule has 0 radical (unpaired) electrons. The average Bonchev–Trinajstić information content (AvgIpc) is 1.70. The molecule has 5 fully saturated rings. The van der Waals surface area contributed by atoms with Gasteiger partial charge < -0.3 is 93.2 Å². The molecule has 16 N–H and O–H groups in total. The largest absolute Gasteiger partial charge is 0.504 e. The first-order chi connectivity index (χ1) is 44.0. The van der Waals surface area contributed by atoms with Crippen molar-refractivity contribution in [3.05, 3.63) is 71.9 Å². The number of amides is 7. The maximum Gasteiger partial charge on any atom is 0.251 e. The third kappa shape index (κ3) is 17.3. The number of aliphatic hydroxyl groups excluding tert-OH is 6. The lowest BCUT2D eigenvalue weighted by molar-refractivity contribution is -0.147. The summed E-state index contributed by atoms with van der Waals surface area (Å²) in [6, 6.07) is 3.86. The Morgan fingerprint density at radius 1 is 0.742 bits per heavy atom. The second-order valence-corrected chi connectivity index (χ2v) is 25.8. The number of aliphatic hydroxyl groups is 6. The van der Waals surface area contributed by atoms with Gasteiger partial charge in [0.05, 0.1) is 36.6 Å². The number of hydrogen-bond acceptors (Lipinski definition) is 23. The number of benzene rings is 2. The number of anilines is 1. The number of aromatic nitrogens is 3. The number of ether oxygens (including phenoxy) is 1.